The van der Waals surface area contributed by atoms with Crippen LogP contribution >= 0.6 is 11.6 Å². The molecule has 0 radical (unpaired) electrons. The van der Waals surface area contributed by atoms with E-state index in [1.807, 2.05) is 4.90 Å². The Morgan fingerprint density at radius 2 is 1.73 bits per heavy atom. The van der Waals surface area contributed by atoms with Gasteiger partial charge in [-0.25, -0.2) is 4.39 Å². The topological polar surface area (TPSA) is 72.6 Å². The first-order chi connectivity index (χ1) is 15.8. The Hall–Kier alpha value is -2.60. The van der Waals surface area contributed by atoms with E-state index in [0.717, 1.165) is 25.7 Å². The van der Waals surface area contributed by atoms with Gasteiger partial charge in [-0.05, 0) is 56.0 Å². The fourth-order valence-corrected chi connectivity index (χ4v) is 5.69. The van der Waals surface area contributed by atoms with Gasteiger partial charge in [-0.15, -0.1) is 0 Å². The van der Waals surface area contributed by atoms with Crippen molar-refractivity contribution in [3.63, 3.8) is 0 Å². The summed E-state index contributed by atoms with van der Waals surface area (Å²) in [5.41, 5.74) is 4.66. The summed E-state index contributed by atoms with van der Waals surface area (Å²) in [6.45, 7) is 1.20. The fraction of sp³-hybridized carbons (Fsp3) is 0.462. The lowest BCUT2D eigenvalue weighted by Crippen LogP contribution is -2.55. The maximum atomic E-state index is 14.8. The van der Waals surface area contributed by atoms with E-state index in [2.05, 4.69) is 0 Å². The largest absolute Gasteiger partial charge is 0.493 e. The van der Waals surface area contributed by atoms with E-state index in [0.29, 0.717) is 42.3 Å². The lowest BCUT2D eigenvalue weighted by atomic mass is 9.74. The summed E-state index contributed by atoms with van der Waals surface area (Å²) < 4.78 is 20.8. The molecule has 2 aromatic rings. The number of nitrogens with two attached hydrogens (primary N) is 1. The van der Waals surface area contributed by atoms with Crippen molar-refractivity contribution in [3.8, 4) is 5.75 Å². The van der Waals surface area contributed by atoms with Gasteiger partial charge in [0.2, 0.25) is 11.8 Å². The predicted molar refractivity (Wildman–Crippen MR) is 126 cm³/mol. The smallest absolute Gasteiger partial charge is 0.233 e. The molecule has 33 heavy (non-hydrogen) atoms. The first-order valence-electron chi connectivity index (χ1n) is 11.5. The van der Waals surface area contributed by atoms with Crippen molar-refractivity contribution >= 4 is 23.4 Å². The number of hydrogen-bond acceptors (Lipinski definition) is 3. The van der Waals surface area contributed by atoms with Crippen LogP contribution in [0, 0.1) is 11.2 Å². The molecule has 1 heterocycles. The van der Waals surface area contributed by atoms with Crippen LogP contribution in [0.3, 0.4) is 0 Å². The quantitative estimate of drug-likeness (QED) is 0.625. The number of ether oxygens (including phenoxy) is 1. The van der Waals surface area contributed by atoms with E-state index in [1.54, 1.807) is 42.5 Å². The Morgan fingerprint density at radius 1 is 1.03 bits per heavy atom. The minimum Gasteiger partial charge on any atom is -0.493 e. The van der Waals surface area contributed by atoms with E-state index in [4.69, 9.17) is 22.1 Å². The molecular formula is C26H30ClFN2O3. The highest BCUT2D eigenvalue weighted by molar-refractivity contribution is 6.30. The molecule has 176 valence electrons. The van der Waals surface area contributed by atoms with Crippen molar-refractivity contribution in [3.05, 3.63) is 64.9 Å². The molecule has 5 nitrogen and oxygen atoms in total. The zero-order valence-corrected chi connectivity index (χ0v) is 19.5. The fourth-order valence-electron chi connectivity index (χ4n) is 5.56. The number of hydrogen-bond donors (Lipinski definition) is 1. The maximum Gasteiger partial charge on any atom is 0.233 e. The monoisotopic (exact) mass is 472 g/mol. The van der Waals surface area contributed by atoms with Gasteiger partial charge in [-0.3, -0.25) is 9.59 Å². The minimum atomic E-state index is -0.849. The van der Waals surface area contributed by atoms with Crippen molar-refractivity contribution < 1.29 is 18.7 Å². The second kappa shape index (κ2) is 9.72. The Kier molecular flexibility index (Phi) is 6.94. The number of halogens is 2. The summed E-state index contributed by atoms with van der Waals surface area (Å²) in [4.78, 5) is 27.7. The molecule has 1 aliphatic heterocycles. The van der Waals surface area contributed by atoms with Gasteiger partial charge in [0, 0.05) is 35.5 Å². The number of likely N-dealkylation sites (tertiary alicyclic amines) is 1. The molecule has 0 bridgehead atoms. The molecule has 1 aliphatic carbocycles. The summed E-state index contributed by atoms with van der Waals surface area (Å²) in [6.07, 6.45) is 4.62. The van der Waals surface area contributed by atoms with Crippen LogP contribution in [0.25, 0.3) is 0 Å². The number of carbonyl (C=O) groups excluding carboxylic acids is 2. The zero-order chi connectivity index (χ0) is 23.5. The highest BCUT2D eigenvalue weighted by Gasteiger charge is 2.49. The van der Waals surface area contributed by atoms with Crippen LogP contribution in [0.1, 0.15) is 50.5 Å². The molecule has 2 aromatic carbocycles. The Labute approximate surface area is 199 Å². The highest BCUT2D eigenvalue weighted by atomic mass is 35.5. The summed E-state index contributed by atoms with van der Waals surface area (Å²) >= 11 is 5.96. The van der Waals surface area contributed by atoms with Gasteiger partial charge in [-0.1, -0.05) is 42.6 Å². The third-order valence-electron chi connectivity index (χ3n) is 7.11. The molecule has 4 rings (SSSR count). The van der Waals surface area contributed by atoms with Crippen molar-refractivity contribution in [1.29, 1.82) is 0 Å². The molecule has 1 saturated heterocycles. The van der Waals surface area contributed by atoms with E-state index in [-0.39, 0.29) is 24.8 Å². The summed E-state index contributed by atoms with van der Waals surface area (Å²) in [7, 11) is 0. The van der Waals surface area contributed by atoms with Crippen LogP contribution in [0.15, 0.2) is 48.5 Å². The maximum absolute atomic E-state index is 14.8. The van der Waals surface area contributed by atoms with E-state index >= 15 is 0 Å². The normalized spacial score (nSPS) is 22.2. The Balaban J connectivity index is 1.58. The van der Waals surface area contributed by atoms with E-state index < -0.39 is 16.7 Å². The lowest BCUT2D eigenvalue weighted by Gasteiger charge is -2.45. The summed E-state index contributed by atoms with van der Waals surface area (Å²) in [6, 6.07) is 13.6. The first kappa shape index (κ1) is 23.6. The molecule has 2 fully saturated rings. The lowest BCUT2D eigenvalue weighted by molar-refractivity contribution is -0.143. The molecule has 2 N–H and O–H groups in total. The SMILES string of the molecule is NC(=O)C[C@@]1(COc2ccc(Cl)cc2)CCCN(C(=O)C2(c3ccccc3F)CCCC2)C1. The zero-order valence-electron chi connectivity index (χ0n) is 18.7. The molecule has 1 saturated carbocycles. The van der Waals surface area contributed by atoms with Gasteiger partial charge in [0.05, 0.1) is 12.0 Å². The number of piperidine rings is 1. The van der Waals surface area contributed by atoms with Crippen molar-refractivity contribution in [2.45, 2.75) is 50.4 Å². The second-order valence-electron chi connectivity index (χ2n) is 9.49. The van der Waals surface area contributed by atoms with Crippen LogP contribution in [0.4, 0.5) is 4.39 Å². The van der Waals surface area contributed by atoms with Crippen molar-refractivity contribution in [2.75, 3.05) is 19.7 Å². The number of benzene rings is 2. The number of rotatable bonds is 7. The third-order valence-corrected chi connectivity index (χ3v) is 7.36. The molecule has 0 spiro atoms. The van der Waals surface area contributed by atoms with Crippen molar-refractivity contribution in [2.24, 2.45) is 11.1 Å². The average molecular weight is 473 g/mol. The molecule has 0 unspecified atom stereocenters. The van der Waals surface area contributed by atoms with E-state index in [1.165, 1.54) is 6.07 Å². The second-order valence-corrected chi connectivity index (χ2v) is 9.92. The number of primary amides is 1. The predicted octanol–water partition coefficient (Wildman–Crippen LogP) is 4.85. The highest BCUT2D eigenvalue weighted by Crippen LogP contribution is 2.45. The number of nitrogens with zero attached hydrogens (tertiary/aromatic N) is 1. The van der Waals surface area contributed by atoms with Gasteiger partial charge >= 0.3 is 0 Å². The average Bonchev–Trinajstić information content (AvgIpc) is 3.29. The third kappa shape index (κ3) is 5.01. The van der Waals surface area contributed by atoms with Crippen LogP contribution in [-0.2, 0) is 15.0 Å². The summed E-state index contributed by atoms with van der Waals surface area (Å²) in [5, 5.41) is 0.610. The van der Waals surface area contributed by atoms with Crippen molar-refractivity contribution in [1.82, 2.24) is 4.90 Å². The molecular weight excluding hydrogens is 443 g/mol. The first-order valence-corrected chi connectivity index (χ1v) is 11.9. The van der Waals surface area contributed by atoms with Crippen LogP contribution < -0.4 is 10.5 Å². The molecule has 2 aliphatic rings. The summed E-state index contributed by atoms with van der Waals surface area (Å²) in [5.74, 6) is -0.164. The van der Waals surface area contributed by atoms with Gasteiger partial charge < -0.3 is 15.4 Å². The van der Waals surface area contributed by atoms with Crippen LogP contribution in [-0.4, -0.2) is 36.4 Å². The minimum absolute atomic E-state index is 0.0508. The Morgan fingerprint density at radius 3 is 2.39 bits per heavy atom. The van der Waals surface area contributed by atoms with Gasteiger partial charge in [0.15, 0.2) is 0 Å². The molecule has 1 atom stereocenters. The van der Waals surface area contributed by atoms with Gasteiger partial charge in [0.25, 0.3) is 0 Å². The van der Waals surface area contributed by atoms with E-state index in [9.17, 15) is 14.0 Å². The number of amides is 2. The van der Waals surface area contributed by atoms with Crippen LogP contribution in [0.5, 0.6) is 5.75 Å². The molecule has 0 aromatic heterocycles. The van der Waals surface area contributed by atoms with Gasteiger partial charge in [0.1, 0.15) is 11.6 Å². The Bertz CT molecular complexity index is 1010. The number of carbonyl (C=O) groups is 2. The standard InChI is InChI=1S/C26H30ClFN2O3/c27-19-8-10-20(11-9-19)33-18-25(16-23(29)31)12-5-15-30(17-25)24(32)26(13-3-4-14-26)21-6-1-2-7-22(21)28/h1-2,6-11H,3-5,12-18H2,(H2,29,31)/t25-/m0/s1. The molecule has 7 heteroatoms. The van der Waals surface area contributed by atoms with Gasteiger partial charge in [-0.2, -0.15) is 0 Å². The van der Waals surface area contributed by atoms with Crippen LogP contribution in [0.2, 0.25) is 5.02 Å². The molecule has 2 amide bonds.